The number of nitrogens with one attached hydrogen (secondary N) is 2. The van der Waals surface area contributed by atoms with Crippen LogP contribution in [0.1, 0.15) is 35.2 Å². The van der Waals surface area contributed by atoms with Crippen LogP contribution < -0.4 is 10.8 Å². The highest BCUT2D eigenvalue weighted by atomic mass is 127. The Bertz CT molecular complexity index is 1050. The topological polar surface area (TPSA) is 98.5 Å². The number of amides is 1. The molecule has 1 aromatic heterocycles. The molecule has 0 saturated carbocycles. The zero-order valence-corrected chi connectivity index (χ0v) is 17.7. The second-order valence-corrected chi connectivity index (χ2v) is 7.92. The first-order valence-corrected chi connectivity index (χ1v) is 10.2. The summed E-state index contributed by atoms with van der Waals surface area (Å²) in [4.78, 5) is 18.1. The molecule has 0 bridgehead atoms. The van der Waals surface area contributed by atoms with E-state index >= 15 is 4.39 Å². The molecule has 1 aliphatic heterocycles. The zero-order valence-electron chi connectivity index (χ0n) is 15.5. The first kappa shape index (κ1) is 20.0. The zero-order chi connectivity index (χ0) is 20.4. The minimum atomic E-state index is -0.735. The predicted octanol–water partition coefficient (Wildman–Crippen LogP) is 4.21. The fourth-order valence-electron chi connectivity index (χ4n) is 3.07. The molecule has 10 heteroatoms. The molecule has 8 nitrogen and oxygen atoms in total. The van der Waals surface area contributed by atoms with Crippen LogP contribution in [0.15, 0.2) is 28.9 Å². The lowest BCUT2D eigenvalue weighted by Crippen LogP contribution is -2.33. The second-order valence-electron chi connectivity index (χ2n) is 6.67. The van der Waals surface area contributed by atoms with Gasteiger partial charge in [-0.15, -0.1) is 0 Å². The van der Waals surface area contributed by atoms with Gasteiger partial charge in [-0.05, 0) is 82.5 Å². The maximum Gasteiger partial charge on any atom is 0.277 e. The van der Waals surface area contributed by atoms with Gasteiger partial charge in [-0.25, -0.2) is 19.3 Å². The van der Waals surface area contributed by atoms with E-state index in [2.05, 4.69) is 48.3 Å². The Hall–Kier alpha value is -2.31. The summed E-state index contributed by atoms with van der Waals surface area (Å²) >= 11 is 2.19. The lowest BCUT2D eigenvalue weighted by atomic mass is 10.1. The molecule has 29 heavy (non-hydrogen) atoms. The van der Waals surface area contributed by atoms with Crippen molar-refractivity contribution in [3.05, 3.63) is 44.8 Å². The number of carbonyl (C=O) groups is 1. The number of rotatable bonds is 5. The Morgan fingerprint density at radius 3 is 2.93 bits per heavy atom. The van der Waals surface area contributed by atoms with Crippen molar-refractivity contribution in [3.8, 4) is 0 Å². The number of carbonyl (C=O) groups excluding carboxylic acids is 1. The van der Waals surface area contributed by atoms with Gasteiger partial charge in [0.2, 0.25) is 0 Å². The number of hydrogen-bond donors (Lipinski definition) is 2. The van der Waals surface area contributed by atoms with Crippen molar-refractivity contribution in [1.29, 1.82) is 0 Å². The second kappa shape index (κ2) is 8.59. The Morgan fingerprint density at radius 1 is 1.31 bits per heavy atom. The summed E-state index contributed by atoms with van der Waals surface area (Å²) < 4.78 is 26.2. The first-order valence-electron chi connectivity index (χ1n) is 9.08. The smallest absolute Gasteiger partial charge is 0.277 e. The number of benzene rings is 2. The molecule has 2 N–H and O–H groups in total. The Balaban J connectivity index is 1.66. The average molecular weight is 512 g/mol. The first-order chi connectivity index (χ1) is 14.0. The van der Waals surface area contributed by atoms with E-state index in [9.17, 15) is 4.79 Å². The van der Waals surface area contributed by atoms with Gasteiger partial charge in [0, 0.05) is 22.3 Å². The maximum absolute atomic E-state index is 15.1. The molecule has 2 aromatic carbocycles. The Morgan fingerprint density at radius 2 is 2.17 bits per heavy atom. The maximum atomic E-state index is 15.1. The van der Waals surface area contributed by atoms with Gasteiger partial charge >= 0.3 is 0 Å². The highest BCUT2D eigenvalue weighted by molar-refractivity contribution is 14.1. The molecule has 4 rings (SSSR count). The van der Waals surface area contributed by atoms with Gasteiger partial charge < -0.3 is 10.1 Å². The van der Waals surface area contributed by atoms with Crippen LogP contribution in [0.25, 0.3) is 11.0 Å². The summed E-state index contributed by atoms with van der Waals surface area (Å²) in [6.45, 7) is 2.46. The van der Waals surface area contributed by atoms with Crippen molar-refractivity contribution < 1.29 is 23.4 Å². The quantitative estimate of drug-likeness (QED) is 0.391. The summed E-state index contributed by atoms with van der Waals surface area (Å²) in [5.41, 5.74) is 3.95. The van der Waals surface area contributed by atoms with E-state index in [0.717, 1.165) is 22.0 Å². The van der Waals surface area contributed by atoms with E-state index in [0.29, 0.717) is 18.7 Å². The molecule has 1 aliphatic rings. The summed E-state index contributed by atoms with van der Waals surface area (Å²) in [6.07, 6.45) is 2.06. The van der Waals surface area contributed by atoms with Gasteiger partial charge in [0.05, 0.1) is 11.3 Å². The molecule has 152 valence electrons. The largest absolute Gasteiger partial charge is 0.352 e. The average Bonchev–Trinajstić information content (AvgIpc) is 3.19. The van der Waals surface area contributed by atoms with Crippen molar-refractivity contribution in [1.82, 2.24) is 15.8 Å². The fraction of sp³-hybridized carbons (Fsp3) is 0.316. The number of anilines is 2. The van der Waals surface area contributed by atoms with Gasteiger partial charge in [0.15, 0.2) is 17.6 Å². The van der Waals surface area contributed by atoms with E-state index in [-0.39, 0.29) is 22.3 Å². The highest BCUT2D eigenvalue weighted by Crippen LogP contribution is 2.31. The molecule has 0 aliphatic carbocycles. The molecule has 1 unspecified atom stereocenters. The van der Waals surface area contributed by atoms with Gasteiger partial charge in [0.1, 0.15) is 5.52 Å². The lowest BCUT2D eigenvalue weighted by molar-refractivity contribution is -0.186. The number of fused-ring (bicyclic) bond motifs is 1. The number of hydroxylamine groups is 1. The monoisotopic (exact) mass is 512 g/mol. The van der Waals surface area contributed by atoms with Crippen molar-refractivity contribution in [3.63, 3.8) is 0 Å². The van der Waals surface area contributed by atoms with Crippen molar-refractivity contribution in [2.45, 2.75) is 32.5 Å². The van der Waals surface area contributed by atoms with Crippen LogP contribution in [0.3, 0.4) is 0 Å². The Kier molecular flexibility index (Phi) is 5.92. The minimum Gasteiger partial charge on any atom is -0.352 e. The van der Waals surface area contributed by atoms with Crippen LogP contribution in [0.5, 0.6) is 0 Å². The summed E-state index contributed by atoms with van der Waals surface area (Å²) in [7, 11) is 0. The third kappa shape index (κ3) is 4.33. The summed E-state index contributed by atoms with van der Waals surface area (Å²) in [6, 6.07) is 7.04. The van der Waals surface area contributed by atoms with Gasteiger partial charge in [-0.2, -0.15) is 0 Å². The molecule has 1 fully saturated rings. The van der Waals surface area contributed by atoms with Crippen molar-refractivity contribution in [2.75, 3.05) is 11.9 Å². The van der Waals surface area contributed by atoms with Crippen LogP contribution in [0.2, 0.25) is 0 Å². The Labute approximate surface area is 179 Å². The number of nitrogens with zero attached hydrogens (tertiary/aromatic N) is 2. The van der Waals surface area contributed by atoms with Gasteiger partial charge in [-0.3, -0.25) is 4.79 Å². The number of aromatic nitrogens is 2. The molecular formula is C19H18FIN4O4. The van der Waals surface area contributed by atoms with Crippen molar-refractivity contribution in [2.24, 2.45) is 0 Å². The molecule has 2 heterocycles. The lowest BCUT2D eigenvalue weighted by Gasteiger charge is -2.22. The molecular weight excluding hydrogens is 494 g/mol. The highest BCUT2D eigenvalue weighted by Gasteiger charge is 2.24. The third-order valence-electron chi connectivity index (χ3n) is 4.61. The van der Waals surface area contributed by atoms with Gasteiger partial charge in [0.25, 0.3) is 5.91 Å². The van der Waals surface area contributed by atoms with E-state index in [1.54, 1.807) is 0 Å². The molecule has 0 spiro atoms. The standard InChI is InChI=1S/C19H18FIN4O4/c1-10-8-11(21)5-6-13(10)22-17-12(9-14-18(16(17)20)24-29-23-14)19(26)25-28-15-4-2-3-7-27-15/h5-6,8-9,15,22H,2-4,7H2,1H3,(H,25,26). The number of aryl methyl sites for hydroxylation is 1. The van der Waals surface area contributed by atoms with Crippen LogP contribution in [-0.4, -0.2) is 29.1 Å². The summed E-state index contributed by atoms with van der Waals surface area (Å²) in [5, 5.41) is 10.2. The normalized spacial score (nSPS) is 16.7. The minimum absolute atomic E-state index is 0.0134. The molecule has 1 atom stereocenters. The molecule has 3 aromatic rings. The predicted molar refractivity (Wildman–Crippen MR) is 111 cm³/mol. The van der Waals surface area contributed by atoms with E-state index in [1.165, 1.54) is 6.07 Å². The van der Waals surface area contributed by atoms with E-state index in [1.807, 2.05) is 25.1 Å². The summed E-state index contributed by atoms with van der Waals surface area (Å²) in [5.74, 6) is -1.37. The van der Waals surface area contributed by atoms with Crippen LogP contribution in [0.4, 0.5) is 15.8 Å². The number of hydrogen-bond acceptors (Lipinski definition) is 7. The fourth-order valence-corrected chi connectivity index (χ4v) is 3.72. The molecule has 1 saturated heterocycles. The van der Waals surface area contributed by atoms with Crippen molar-refractivity contribution >= 4 is 50.9 Å². The van der Waals surface area contributed by atoms with Crippen LogP contribution >= 0.6 is 22.6 Å². The van der Waals surface area contributed by atoms with Crippen LogP contribution in [-0.2, 0) is 9.57 Å². The molecule has 1 amide bonds. The SMILES string of the molecule is Cc1cc(I)ccc1Nc1c(C(=O)NOC2CCCCO2)cc2nonc2c1F. The number of ether oxygens (including phenoxy) is 1. The van der Waals surface area contributed by atoms with E-state index < -0.39 is 18.0 Å². The van der Waals surface area contributed by atoms with Gasteiger partial charge in [-0.1, -0.05) is 0 Å². The number of halogens is 2. The molecule has 0 radical (unpaired) electrons. The van der Waals surface area contributed by atoms with E-state index in [4.69, 9.17) is 9.57 Å². The third-order valence-corrected chi connectivity index (χ3v) is 5.28. The van der Waals surface area contributed by atoms with Crippen LogP contribution in [0, 0.1) is 16.3 Å².